The zero-order valence-corrected chi connectivity index (χ0v) is 36.9. The van der Waals surface area contributed by atoms with Gasteiger partial charge in [-0.1, -0.05) is 152 Å². The predicted molar refractivity (Wildman–Crippen MR) is 230 cm³/mol. The number of phosphoric acid groups is 1. The number of carbonyl (C=O) groups excluding carboxylic acids is 2. The number of phosphoric ester groups is 1. The fraction of sp³-hybridized carbons (Fsp3) is 0.778. The highest BCUT2D eigenvalue weighted by atomic mass is 31.2. The van der Waals surface area contributed by atoms with Crippen molar-refractivity contribution in [2.45, 2.75) is 211 Å². The molecule has 0 spiro atoms. The van der Waals surface area contributed by atoms with E-state index in [-0.39, 0.29) is 12.8 Å². The van der Waals surface area contributed by atoms with Crippen LogP contribution in [0.25, 0.3) is 0 Å². The van der Waals surface area contributed by atoms with Gasteiger partial charge in [-0.2, -0.15) is 0 Å². The third-order valence-electron chi connectivity index (χ3n) is 10.2. The van der Waals surface area contributed by atoms with Gasteiger partial charge in [-0.25, -0.2) is 4.57 Å². The highest BCUT2D eigenvalue weighted by Gasteiger charge is 2.51. The second kappa shape index (κ2) is 35.4. The van der Waals surface area contributed by atoms with Gasteiger partial charge in [0.25, 0.3) is 0 Å². The number of allylic oxidation sites excluding steroid dienone is 8. The maximum atomic E-state index is 12.8. The van der Waals surface area contributed by atoms with Crippen molar-refractivity contribution in [3.63, 3.8) is 0 Å². The molecular weight excluding hydrogens is 779 g/mol. The van der Waals surface area contributed by atoms with Crippen molar-refractivity contribution in [3.05, 3.63) is 48.6 Å². The van der Waals surface area contributed by atoms with Gasteiger partial charge < -0.3 is 39.9 Å². The Morgan fingerprint density at radius 3 is 1.47 bits per heavy atom. The van der Waals surface area contributed by atoms with E-state index < -0.39 is 75.7 Å². The summed E-state index contributed by atoms with van der Waals surface area (Å²) in [6.07, 6.45) is 27.4. The van der Waals surface area contributed by atoms with Crippen LogP contribution in [0, 0.1) is 0 Å². The Morgan fingerprint density at radius 2 is 0.966 bits per heavy atom. The standard InChI is InChI=1S/C45H79O13P/c1-3-5-7-9-11-13-15-16-17-18-19-20-21-22-24-26-28-30-32-34-39(47)57-37(35-55-38(46)33-31-29-27-25-23-14-12-10-8-6-4-2)36-56-59(53,54)58-45-43(51)41(49)40(48)42(50)44(45)52/h5,7,11,13,16-17,19-20,37,40-45,48-52H,3-4,6,8-10,12,14-15,18,21-36H2,1-2H3,(H,53,54)/b7-5-,13-11-,17-16-,20-19-. The molecule has 6 N–H and O–H groups in total. The lowest BCUT2D eigenvalue weighted by molar-refractivity contribution is -0.220. The molecule has 0 aromatic carbocycles. The van der Waals surface area contributed by atoms with Gasteiger partial charge in [-0.3, -0.25) is 18.6 Å². The van der Waals surface area contributed by atoms with E-state index in [0.717, 1.165) is 83.5 Å². The summed E-state index contributed by atoms with van der Waals surface area (Å²) in [7, 11) is -5.12. The smallest absolute Gasteiger partial charge is 0.462 e. The lowest BCUT2D eigenvalue weighted by atomic mass is 9.85. The van der Waals surface area contributed by atoms with Crippen LogP contribution in [-0.2, 0) is 32.7 Å². The minimum atomic E-state index is -5.12. The first kappa shape index (κ1) is 54.8. The van der Waals surface area contributed by atoms with E-state index in [9.17, 15) is 44.6 Å². The maximum absolute atomic E-state index is 12.8. The molecule has 0 heterocycles. The van der Waals surface area contributed by atoms with Crippen LogP contribution < -0.4 is 0 Å². The number of aliphatic hydroxyl groups is 5. The third-order valence-corrected chi connectivity index (χ3v) is 11.2. The third kappa shape index (κ3) is 28.1. The fourth-order valence-corrected chi connectivity index (χ4v) is 7.54. The second-order valence-electron chi connectivity index (χ2n) is 15.5. The maximum Gasteiger partial charge on any atom is 0.472 e. The SMILES string of the molecule is CC/C=C\C/C=C\C/C=C\C/C=C\CCCCCCCCC(=O)OC(COC(=O)CCCCCCCCCCCCC)COP(=O)(O)OC1C(O)C(O)C(O)C(O)C1O. The Labute approximate surface area is 354 Å². The molecular formula is C45H79O13P. The van der Waals surface area contributed by atoms with Crippen molar-refractivity contribution in [2.75, 3.05) is 13.2 Å². The van der Waals surface area contributed by atoms with Crippen molar-refractivity contribution in [2.24, 2.45) is 0 Å². The monoisotopic (exact) mass is 859 g/mol. The zero-order valence-electron chi connectivity index (χ0n) is 36.0. The predicted octanol–water partition coefficient (Wildman–Crippen LogP) is 8.39. The molecule has 0 saturated heterocycles. The van der Waals surface area contributed by atoms with E-state index in [1.54, 1.807) is 0 Å². The molecule has 1 aliphatic carbocycles. The van der Waals surface area contributed by atoms with Gasteiger partial charge in [-0.05, 0) is 51.4 Å². The van der Waals surface area contributed by atoms with Crippen molar-refractivity contribution in [1.29, 1.82) is 0 Å². The number of ether oxygens (including phenoxy) is 2. The molecule has 0 aliphatic heterocycles. The first-order valence-electron chi connectivity index (χ1n) is 22.4. The van der Waals surface area contributed by atoms with E-state index in [2.05, 4.69) is 62.5 Å². The number of aliphatic hydroxyl groups excluding tert-OH is 5. The molecule has 59 heavy (non-hydrogen) atoms. The zero-order chi connectivity index (χ0) is 43.6. The highest BCUT2D eigenvalue weighted by molar-refractivity contribution is 7.47. The quantitative estimate of drug-likeness (QED) is 0.0152. The lowest BCUT2D eigenvalue weighted by Crippen LogP contribution is -2.64. The van der Waals surface area contributed by atoms with Crippen LogP contribution in [0.3, 0.4) is 0 Å². The van der Waals surface area contributed by atoms with Crippen LogP contribution in [-0.4, -0.2) is 98.3 Å². The number of esters is 2. The Hall–Kier alpha value is -2.19. The summed E-state index contributed by atoms with van der Waals surface area (Å²) in [5.74, 6) is -1.12. The normalized spacial score (nSPS) is 22.8. The average Bonchev–Trinajstić information content (AvgIpc) is 3.21. The largest absolute Gasteiger partial charge is 0.472 e. The molecule has 1 fully saturated rings. The first-order valence-corrected chi connectivity index (χ1v) is 23.9. The van der Waals surface area contributed by atoms with E-state index >= 15 is 0 Å². The molecule has 0 bridgehead atoms. The Balaban J connectivity index is 2.47. The van der Waals surface area contributed by atoms with E-state index in [0.29, 0.717) is 12.8 Å². The summed E-state index contributed by atoms with van der Waals surface area (Å²) in [5, 5.41) is 50.1. The number of carbonyl (C=O) groups is 2. The average molecular weight is 859 g/mol. The molecule has 0 radical (unpaired) electrons. The van der Waals surface area contributed by atoms with Crippen molar-refractivity contribution >= 4 is 19.8 Å². The van der Waals surface area contributed by atoms with Gasteiger partial charge >= 0.3 is 19.8 Å². The second-order valence-corrected chi connectivity index (χ2v) is 16.9. The molecule has 1 aliphatic rings. The molecule has 6 atom stereocenters. The van der Waals surface area contributed by atoms with Gasteiger partial charge in [-0.15, -0.1) is 0 Å². The highest BCUT2D eigenvalue weighted by Crippen LogP contribution is 2.47. The van der Waals surface area contributed by atoms with Crippen LogP contribution >= 0.6 is 7.82 Å². The van der Waals surface area contributed by atoms with Crippen molar-refractivity contribution < 1.29 is 63.1 Å². The van der Waals surface area contributed by atoms with Crippen LogP contribution in [0.1, 0.15) is 168 Å². The Morgan fingerprint density at radius 1 is 0.542 bits per heavy atom. The molecule has 0 aromatic heterocycles. The van der Waals surface area contributed by atoms with Gasteiger partial charge in [0.1, 0.15) is 43.2 Å². The van der Waals surface area contributed by atoms with Crippen LogP contribution in [0.2, 0.25) is 0 Å². The number of hydrogen-bond donors (Lipinski definition) is 6. The van der Waals surface area contributed by atoms with Gasteiger partial charge in [0, 0.05) is 12.8 Å². The molecule has 6 unspecified atom stereocenters. The summed E-state index contributed by atoms with van der Waals surface area (Å²) >= 11 is 0. The van der Waals surface area contributed by atoms with Crippen molar-refractivity contribution in [1.82, 2.24) is 0 Å². The number of rotatable bonds is 36. The molecule has 1 rings (SSSR count). The van der Waals surface area contributed by atoms with Crippen molar-refractivity contribution in [3.8, 4) is 0 Å². The molecule has 0 amide bonds. The van der Waals surface area contributed by atoms with E-state index in [1.807, 2.05) is 0 Å². The van der Waals surface area contributed by atoms with Crippen LogP contribution in [0.4, 0.5) is 0 Å². The summed E-state index contributed by atoms with van der Waals surface area (Å²) in [6.45, 7) is 3.15. The number of hydrogen-bond acceptors (Lipinski definition) is 12. The fourth-order valence-electron chi connectivity index (χ4n) is 6.57. The summed E-state index contributed by atoms with van der Waals surface area (Å²) < 4.78 is 33.5. The van der Waals surface area contributed by atoms with Gasteiger partial charge in [0.05, 0.1) is 6.61 Å². The molecule has 1 saturated carbocycles. The van der Waals surface area contributed by atoms with E-state index in [4.69, 9.17) is 18.5 Å². The first-order chi connectivity index (χ1) is 28.4. The Bertz CT molecular complexity index is 1220. The van der Waals surface area contributed by atoms with E-state index in [1.165, 1.54) is 44.9 Å². The summed E-state index contributed by atoms with van der Waals surface area (Å²) in [4.78, 5) is 35.6. The minimum absolute atomic E-state index is 0.0803. The summed E-state index contributed by atoms with van der Waals surface area (Å²) in [5.41, 5.74) is 0. The minimum Gasteiger partial charge on any atom is -0.462 e. The lowest BCUT2D eigenvalue weighted by Gasteiger charge is -2.41. The molecule has 13 nitrogen and oxygen atoms in total. The topological polar surface area (TPSA) is 210 Å². The van der Waals surface area contributed by atoms with Gasteiger partial charge in [0.2, 0.25) is 0 Å². The van der Waals surface area contributed by atoms with Crippen LogP contribution in [0.15, 0.2) is 48.6 Å². The van der Waals surface area contributed by atoms with Gasteiger partial charge in [0.15, 0.2) is 6.10 Å². The molecule has 14 heteroatoms. The molecule has 0 aromatic rings. The molecule has 342 valence electrons. The summed E-state index contributed by atoms with van der Waals surface area (Å²) in [6, 6.07) is 0. The number of unbranched alkanes of at least 4 members (excludes halogenated alkanes) is 16. The van der Waals surface area contributed by atoms with Crippen LogP contribution in [0.5, 0.6) is 0 Å². The Kier molecular flexibility index (Phi) is 32.9.